The summed E-state index contributed by atoms with van der Waals surface area (Å²) in [5.74, 6) is 0.328. The molecule has 1 heterocycles. The van der Waals surface area contributed by atoms with Crippen LogP contribution in [-0.2, 0) is 9.53 Å². The molecule has 120 valence electrons. The van der Waals surface area contributed by atoms with Crippen LogP contribution in [0.1, 0.15) is 29.6 Å². The minimum atomic E-state index is -0.217. The second-order valence-corrected chi connectivity index (χ2v) is 5.18. The molecule has 1 fully saturated rings. The molecule has 0 aromatic heterocycles. The summed E-state index contributed by atoms with van der Waals surface area (Å²) in [5, 5.41) is 5.54. The van der Waals surface area contributed by atoms with Gasteiger partial charge in [0.25, 0.3) is 5.91 Å². The van der Waals surface area contributed by atoms with Crippen LogP contribution in [0.15, 0.2) is 24.3 Å². The Bertz CT molecular complexity index is 513. The predicted octanol–water partition coefficient (Wildman–Crippen LogP) is 1.11. The van der Waals surface area contributed by atoms with Crippen LogP contribution in [0.3, 0.4) is 0 Å². The Balaban J connectivity index is 1.66. The van der Waals surface area contributed by atoms with Crippen molar-refractivity contribution in [1.82, 2.24) is 10.6 Å². The standard InChI is InChI=1S/C16H22N2O4/c1-21-13-5-2-4-12(10-13)16(20)17-8-7-15(19)18-11-14-6-3-9-22-14/h2,4-5,10,14H,3,6-9,11H2,1H3,(H,17,20)(H,18,19). The van der Waals surface area contributed by atoms with Gasteiger partial charge >= 0.3 is 0 Å². The van der Waals surface area contributed by atoms with Crippen molar-refractivity contribution in [3.63, 3.8) is 0 Å². The molecule has 1 unspecified atom stereocenters. The number of benzene rings is 1. The Morgan fingerprint density at radius 2 is 2.23 bits per heavy atom. The van der Waals surface area contributed by atoms with Crippen LogP contribution >= 0.6 is 0 Å². The van der Waals surface area contributed by atoms with Crippen molar-refractivity contribution in [3.05, 3.63) is 29.8 Å². The minimum absolute atomic E-state index is 0.0820. The quantitative estimate of drug-likeness (QED) is 0.791. The SMILES string of the molecule is COc1cccc(C(=O)NCCC(=O)NCC2CCCO2)c1. The number of amides is 2. The summed E-state index contributed by atoms with van der Waals surface area (Å²) >= 11 is 0. The summed E-state index contributed by atoms with van der Waals surface area (Å²) in [6, 6.07) is 6.89. The summed E-state index contributed by atoms with van der Waals surface area (Å²) < 4.78 is 10.5. The van der Waals surface area contributed by atoms with Crippen molar-refractivity contribution in [2.45, 2.75) is 25.4 Å². The number of hydrogen-bond acceptors (Lipinski definition) is 4. The summed E-state index contributed by atoms with van der Waals surface area (Å²) in [6.45, 7) is 1.62. The van der Waals surface area contributed by atoms with Gasteiger partial charge < -0.3 is 20.1 Å². The first-order chi connectivity index (χ1) is 10.7. The first kappa shape index (κ1) is 16.3. The van der Waals surface area contributed by atoms with E-state index in [0.717, 1.165) is 19.4 Å². The highest BCUT2D eigenvalue weighted by Gasteiger charge is 2.16. The second kappa shape index (κ2) is 8.38. The van der Waals surface area contributed by atoms with Gasteiger partial charge in [0, 0.05) is 31.7 Å². The Hall–Kier alpha value is -2.08. The molecule has 1 aliphatic heterocycles. The summed E-state index contributed by atoms with van der Waals surface area (Å²) in [5.41, 5.74) is 0.513. The summed E-state index contributed by atoms with van der Waals surface area (Å²) in [7, 11) is 1.55. The van der Waals surface area contributed by atoms with Gasteiger partial charge in [-0.3, -0.25) is 9.59 Å². The van der Waals surface area contributed by atoms with E-state index in [0.29, 0.717) is 24.4 Å². The lowest BCUT2D eigenvalue weighted by Crippen LogP contribution is -2.34. The molecule has 0 saturated carbocycles. The molecule has 1 aromatic carbocycles. The second-order valence-electron chi connectivity index (χ2n) is 5.18. The number of ether oxygens (including phenoxy) is 2. The molecule has 1 saturated heterocycles. The molecule has 0 spiro atoms. The number of carbonyl (C=O) groups is 2. The Kier molecular flexibility index (Phi) is 6.21. The fourth-order valence-electron chi connectivity index (χ4n) is 2.28. The van der Waals surface area contributed by atoms with Crippen LogP contribution < -0.4 is 15.4 Å². The summed E-state index contributed by atoms with van der Waals surface area (Å²) in [4.78, 5) is 23.6. The highest BCUT2D eigenvalue weighted by Crippen LogP contribution is 2.12. The normalized spacial score (nSPS) is 17.0. The Morgan fingerprint density at radius 3 is 2.95 bits per heavy atom. The molecule has 0 aliphatic carbocycles. The molecule has 0 bridgehead atoms. The number of rotatable bonds is 7. The zero-order valence-electron chi connectivity index (χ0n) is 12.8. The smallest absolute Gasteiger partial charge is 0.251 e. The number of carbonyl (C=O) groups excluding carboxylic acids is 2. The van der Waals surface area contributed by atoms with Gasteiger partial charge in [-0.2, -0.15) is 0 Å². The molecule has 1 aliphatic rings. The lowest BCUT2D eigenvalue weighted by Gasteiger charge is -2.11. The van der Waals surface area contributed by atoms with Gasteiger partial charge in [0.05, 0.1) is 13.2 Å². The molecule has 6 nitrogen and oxygen atoms in total. The fourth-order valence-corrected chi connectivity index (χ4v) is 2.28. The molecule has 2 rings (SSSR count). The zero-order chi connectivity index (χ0) is 15.8. The Labute approximate surface area is 130 Å². The van der Waals surface area contributed by atoms with Crippen LogP contribution in [0.2, 0.25) is 0 Å². The predicted molar refractivity (Wildman–Crippen MR) is 81.9 cm³/mol. The van der Waals surface area contributed by atoms with Crippen molar-refractivity contribution in [1.29, 1.82) is 0 Å². The van der Waals surface area contributed by atoms with E-state index in [1.165, 1.54) is 0 Å². The Morgan fingerprint density at radius 1 is 1.36 bits per heavy atom. The molecule has 0 radical (unpaired) electrons. The van der Waals surface area contributed by atoms with E-state index in [-0.39, 0.29) is 24.3 Å². The van der Waals surface area contributed by atoms with E-state index < -0.39 is 0 Å². The maximum absolute atomic E-state index is 11.9. The number of hydrogen-bond donors (Lipinski definition) is 2. The zero-order valence-corrected chi connectivity index (χ0v) is 12.8. The number of methoxy groups -OCH3 is 1. The van der Waals surface area contributed by atoms with Crippen LogP contribution in [0.25, 0.3) is 0 Å². The van der Waals surface area contributed by atoms with Gasteiger partial charge in [-0.1, -0.05) is 6.07 Å². The molecular weight excluding hydrogens is 284 g/mol. The van der Waals surface area contributed by atoms with Gasteiger partial charge in [0.1, 0.15) is 5.75 Å². The van der Waals surface area contributed by atoms with Gasteiger partial charge in [0.2, 0.25) is 5.91 Å². The molecule has 2 N–H and O–H groups in total. The summed E-state index contributed by atoms with van der Waals surface area (Å²) in [6.07, 6.45) is 2.43. The molecule has 6 heteroatoms. The van der Waals surface area contributed by atoms with Crippen LogP contribution in [0, 0.1) is 0 Å². The van der Waals surface area contributed by atoms with E-state index in [2.05, 4.69) is 10.6 Å². The van der Waals surface area contributed by atoms with Gasteiger partial charge in [-0.05, 0) is 31.0 Å². The van der Waals surface area contributed by atoms with Crippen molar-refractivity contribution in [3.8, 4) is 5.75 Å². The van der Waals surface area contributed by atoms with E-state index >= 15 is 0 Å². The van der Waals surface area contributed by atoms with Crippen molar-refractivity contribution in [2.75, 3.05) is 26.8 Å². The largest absolute Gasteiger partial charge is 0.497 e. The highest BCUT2D eigenvalue weighted by atomic mass is 16.5. The molecule has 1 atom stereocenters. The third kappa shape index (κ3) is 5.04. The average Bonchev–Trinajstić information content (AvgIpc) is 3.06. The van der Waals surface area contributed by atoms with E-state index in [9.17, 15) is 9.59 Å². The van der Waals surface area contributed by atoms with Crippen molar-refractivity contribution in [2.24, 2.45) is 0 Å². The monoisotopic (exact) mass is 306 g/mol. The highest BCUT2D eigenvalue weighted by molar-refractivity contribution is 5.94. The van der Waals surface area contributed by atoms with Gasteiger partial charge in [-0.15, -0.1) is 0 Å². The maximum Gasteiger partial charge on any atom is 0.251 e. The maximum atomic E-state index is 11.9. The molecule has 2 amide bonds. The first-order valence-electron chi connectivity index (χ1n) is 7.49. The topological polar surface area (TPSA) is 76.7 Å². The van der Waals surface area contributed by atoms with Crippen molar-refractivity contribution < 1.29 is 19.1 Å². The minimum Gasteiger partial charge on any atom is -0.497 e. The van der Waals surface area contributed by atoms with E-state index in [1.807, 2.05) is 0 Å². The van der Waals surface area contributed by atoms with E-state index in [4.69, 9.17) is 9.47 Å². The van der Waals surface area contributed by atoms with Crippen LogP contribution in [0.4, 0.5) is 0 Å². The molecule has 22 heavy (non-hydrogen) atoms. The van der Waals surface area contributed by atoms with Crippen molar-refractivity contribution >= 4 is 11.8 Å². The van der Waals surface area contributed by atoms with E-state index in [1.54, 1.807) is 31.4 Å². The van der Waals surface area contributed by atoms with Crippen LogP contribution in [-0.4, -0.2) is 44.7 Å². The fraction of sp³-hybridized carbons (Fsp3) is 0.500. The lowest BCUT2D eigenvalue weighted by atomic mass is 10.2. The van der Waals surface area contributed by atoms with Gasteiger partial charge in [-0.25, -0.2) is 0 Å². The van der Waals surface area contributed by atoms with Gasteiger partial charge in [0.15, 0.2) is 0 Å². The first-order valence-corrected chi connectivity index (χ1v) is 7.49. The third-order valence-corrected chi connectivity index (χ3v) is 3.52. The van der Waals surface area contributed by atoms with Crippen LogP contribution in [0.5, 0.6) is 5.75 Å². The molecule has 1 aromatic rings. The lowest BCUT2D eigenvalue weighted by molar-refractivity contribution is -0.121. The molecular formula is C16H22N2O4. The third-order valence-electron chi connectivity index (χ3n) is 3.52. The average molecular weight is 306 g/mol. The number of nitrogens with one attached hydrogen (secondary N) is 2.